The van der Waals surface area contributed by atoms with Crippen LogP contribution in [0.15, 0.2) is 0 Å². The number of carbonyl (C=O) groups is 1. The lowest BCUT2D eigenvalue weighted by atomic mass is 9.81. The van der Waals surface area contributed by atoms with E-state index in [1.165, 1.54) is 0 Å². The summed E-state index contributed by atoms with van der Waals surface area (Å²) in [5, 5.41) is 8.49. The highest BCUT2D eigenvalue weighted by molar-refractivity contribution is 5.67. The van der Waals surface area contributed by atoms with Gasteiger partial charge in [0.2, 0.25) is 6.43 Å². The second-order valence-corrected chi connectivity index (χ2v) is 3.71. The van der Waals surface area contributed by atoms with Crippen LogP contribution < -0.4 is 0 Å². The highest BCUT2D eigenvalue weighted by atomic mass is 19.3. The van der Waals surface area contributed by atoms with Crippen molar-refractivity contribution >= 4 is 5.97 Å². The zero-order chi connectivity index (χ0) is 9.84. The van der Waals surface area contributed by atoms with Crippen molar-refractivity contribution in [1.82, 2.24) is 0 Å². The van der Waals surface area contributed by atoms with Gasteiger partial charge >= 0.3 is 5.97 Å². The average molecular weight is 192 g/mol. The summed E-state index contributed by atoms with van der Waals surface area (Å²) in [6, 6.07) is 0. The number of carboxylic acid groups (broad SMARTS) is 1. The zero-order valence-electron chi connectivity index (χ0n) is 7.38. The largest absolute Gasteiger partial charge is 0.481 e. The molecule has 0 atom stereocenters. The molecule has 0 amide bonds. The molecule has 76 valence electrons. The van der Waals surface area contributed by atoms with E-state index >= 15 is 0 Å². The van der Waals surface area contributed by atoms with Crippen molar-refractivity contribution in [1.29, 1.82) is 0 Å². The topological polar surface area (TPSA) is 37.3 Å². The molecule has 0 heterocycles. The summed E-state index contributed by atoms with van der Waals surface area (Å²) < 4.78 is 24.4. The van der Waals surface area contributed by atoms with E-state index in [0.717, 1.165) is 0 Å². The summed E-state index contributed by atoms with van der Waals surface area (Å²) in [5.74, 6) is -1.20. The predicted molar refractivity (Wildman–Crippen MR) is 43.7 cm³/mol. The van der Waals surface area contributed by atoms with Gasteiger partial charge in [0.05, 0.1) is 0 Å². The number of hydrogen-bond donors (Lipinski definition) is 1. The molecular formula is C9H14F2O2. The summed E-state index contributed by atoms with van der Waals surface area (Å²) in [5.41, 5.74) is 0. The number of hydrogen-bond acceptors (Lipinski definition) is 1. The Labute approximate surface area is 75.9 Å². The number of halogens is 2. The monoisotopic (exact) mass is 192 g/mol. The summed E-state index contributed by atoms with van der Waals surface area (Å²) >= 11 is 0. The average Bonchev–Trinajstić information content (AvgIpc) is 2.04. The molecule has 0 spiro atoms. The van der Waals surface area contributed by atoms with Crippen LogP contribution in [0.4, 0.5) is 8.78 Å². The molecular weight excluding hydrogens is 178 g/mol. The van der Waals surface area contributed by atoms with Crippen LogP contribution in [0.3, 0.4) is 0 Å². The number of carboxylic acids is 1. The Hall–Kier alpha value is -0.670. The van der Waals surface area contributed by atoms with Gasteiger partial charge in [-0.05, 0) is 31.6 Å². The van der Waals surface area contributed by atoms with Crippen molar-refractivity contribution in [3.63, 3.8) is 0 Å². The van der Waals surface area contributed by atoms with Crippen LogP contribution in [-0.2, 0) is 4.79 Å². The summed E-state index contributed by atoms with van der Waals surface area (Å²) in [4.78, 5) is 10.3. The van der Waals surface area contributed by atoms with E-state index in [0.29, 0.717) is 25.7 Å². The maximum absolute atomic E-state index is 12.2. The Morgan fingerprint density at radius 2 is 1.85 bits per heavy atom. The van der Waals surface area contributed by atoms with Gasteiger partial charge < -0.3 is 5.11 Å². The normalized spacial score (nSPS) is 29.2. The molecule has 4 heteroatoms. The summed E-state index contributed by atoms with van der Waals surface area (Å²) in [6.07, 6.45) is 0.148. The molecule has 1 aliphatic carbocycles. The van der Waals surface area contributed by atoms with Crippen molar-refractivity contribution < 1.29 is 18.7 Å². The van der Waals surface area contributed by atoms with E-state index in [1.54, 1.807) is 0 Å². The second kappa shape index (κ2) is 4.53. The van der Waals surface area contributed by atoms with Crippen LogP contribution >= 0.6 is 0 Å². The van der Waals surface area contributed by atoms with E-state index in [2.05, 4.69) is 0 Å². The van der Waals surface area contributed by atoms with Gasteiger partial charge in [-0.15, -0.1) is 0 Å². The summed E-state index contributed by atoms with van der Waals surface area (Å²) in [6.45, 7) is 0. The van der Waals surface area contributed by atoms with Gasteiger partial charge in [-0.25, -0.2) is 8.78 Å². The molecule has 1 N–H and O–H groups in total. The molecule has 0 aromatic heterocycles. The molecule has 0 aromatic rings. The highest BCUT2D eigenvalue weighted by Gasteiger charge is 2.28. The Balaban J connectivity index is 2.26. The quantitative estimate of drug-likeness (QED) is 0.746. The van der Waals surface area contributed by atoms with Crippen molar-refractivity contribution in [3.8, 4) is 0 Å². The molecule has 2 nitrogen and oxygen atoms in total. The SMILES string of the molecule is O=C(O)CC1CCC(C(F)F)CC1. The van der Waals surface area contributed by atoms with Crippen LogP contribution in [0.5, 0.6) is 0 Å². The minimum Gasteiger partial charge on any atom is -0.481 e. The Kier molecular flexibility index (Phi) is 3.63. The van der Waals surface area contributed by atoms with Gasteiger partial charge in [-0.1, -0.05) is 0 Å². The third-order valence-electron chi connectivity index (χ3n) is 2.71. The van der Waals surface area contributed by atoms with Crippen LogP contribution in [-0.4, -0.2) is 17.5 Å². The van der Waals surface area contributed by atoms with Crippen LogP contribution in [0.1, 0.15) is 32.1 Å². The predicted octanol–water partition coefficient (Wildman–Crippen LogP) is 2.53. The molecule has 0 saturated heterocycles. The minimum atomic E-state index is -2.23. The minimum absolute atomic E-state index is 0.118. The van der Waals surface area contributed by atoms with Gasteiger partial charge in [-0.3, -0.25) is 4.79 Å². The zero-order valence-corrected chi connectivity index (χ0v) is 7.38. The number of rotatable bonds is 3. The van der Waals surface area contributed by atoms with Crippen molar-refractivity contribution in [2.24, 2.45) is 11.8 Å². The molecule has 13 heavy (non-hydrogen) atoms. The second-order valence-electron chi connectivity index (χ2n) is 3.71. The van der Waals surface area contributed by atoms with E-state index in [-0.39, 0.29) is 12.3 Å². The summed E-state index contributed by atoms with van der Waals surface area (Å²) in [7, 11) is 0. The Morgan fingerprint density at radius 1 is 1.31 bits per heavy atom. The van der Waals surface area contributed by atoms with Crippen LogP contribution in [0, 0.1) is 11.8 Å². The first kappa shape index (κ1) is 10.4. The third-order valence-corrected chi connectivity index (χ3v) is 2.71. The van der Waals surface area contributed by atoms with Crippen LogP contribution in [0.25, 0.3) is 0 Å². The van der Waals surface area contributed by atoms with Gasteiger partial charge in [-0.2, -0.15) is 0 Å². The first-order valence-corrected chi connectivity index (χ1v) is 4.59. The number of alkyl halides is 2. The molecule has 1 fully saturated rings. The molecule has 1 rings (SSSR count). The Bertz CT molecular complexity index is 174. The molecule has 0 aliphatic heterocycles. The molecule has 0 radical (unpaired) electrons. The first-order chi connectivity index (χ1) is 6.09. The Morgan fingerprint density at radius 3 is 2.23 bits per heavy atom. The first-order valence-electron chi connectivity index (χ1n) is 4.59. The fraction of sp³-hybridized carbons (Fsp3) is 0.889. The highest BCUT2D eigenvalue weighted by Crippen LogP contribution is 2.33. The van der Waals surface area contributed by atoms with Crippen molar-refractivity contribution in [3.05, 3.63) is 0 Å². The van der Waals surface area contributed by atoms with Gasteiger partial charge in [0.25, 0.3) is 0 Å². The van der Waals surface area contributed by atoms with E-state index in [1.807, 2.05) is 0 Å². The molecule has 0 bridgehead atoms. The number of aliphatic carboxylic acids is 1. The molecule has 1 aliphatic rings. The lowest BCUT2D eigenvalue weighted by Gasteiger charge is -2.26. The lowest BCUT2D eigenvalue weighted by molar-refractivity contribution is -0.138. The lowest BCUT2D eigenvalue weighted by Crippen LogP contribution is -2.21. The fourth-order valence-electron chi connectivity index (χ4n) is 1.89. The molecule has 0 unspecified atom stereocenters. The van der Waals surface area contributed by atoms with Gasteiger partial charge in [0, 0.05) is 12.3 Å². The van der Waals surface area contributed by atoms with Crippen molar-refractivity contribution in [2.45, 2.75) is 38.5 Å². The van der Waals surface area contributed by atoms with E-state index < -0.39 is 18.3 Å². The van der Waals surface area contributed by atoms with Gasteiger partial charge in [0.1, 0.15) is 0 Å². The fourth-order valence-corrected chi connectivity index (χ4v) is 1.89. The maximum Gasteiger partial charge on any atom is 0.303 e. The maximum atomic E-state index is 12.2. The van der Waals surface area contributed by atoms with Gasteiger partial charge in [0.15, 0.2) is 0 Å². The third kappa shape index (κ3) is 3.28. The smallest absolute Gasteiger partial charge is 0.303 e. The molecule has 1 saturated carbocycles. The van der Waals surface area contributed by atoms with E-state index in [9.17, 15) is 13.6 Å². The van der Waals surface area contributed by atoms with Crippen molar-refractivity contribution in [2.75, 3.05) is 0 Å². The molecule has 0 aromatic carbocycles. The van der Waals surface area contributed by atoms with E-state index in [4.69, 9.17) is 5.11 Å². The van der Waals surface area contributed by atoms with Crippen LogP contribution in [0.2, 0.25) is 0 Å². The standard InChI is InChI=1S/C9H14F2O2/c10-9(11)7-3-1-6(2-4-7)5-8(12)13/h6-7,9H,1-5H2,(H,12,13).